The van der Waals surface area contributed by atoms with Crippen molar-refractivity contribution >= 4 is 6.09 Å². The highest BCUT2D eigenvalue weighted by Crippen LogP contribution is 2.28. The number of amides is 1. The van der Waals surface area contributed by atoms with E-state index in [4.69, 9.17) is 4.74 Å². The molecule has 3 heteroatoms. The molecule has 0 spiro atoms. The van der Waals surface area contributed by atoms with Gasteiger partial charge in [-0.15, -0.1) is 0 Å². The molecule has 0 aromatic rings. The minimum Gasteiger partial charge on any atom is -0.444 e. The van der Waals surface area contributed by atoms with Crippen molar-refractivity contribution in [3.8, 4) is 0 Å². The monoisotopic (exact) mass is 241 g/mol. The van der Waals surface area contributed by atoms with Gasteiger partial charge in [0.15, 0.2) is 0 Å². The number of ether oxygens (including phenoxy) is 1. The molecular formula is C14H27NO2. The van der Waals surface area contributed by atoms with E-state index >= 15 is 0 Å². The minimum absolute atomic E-state index is 0.161. The van der Waals surface area contributed by atoms with Gasteiger partial charge in [-0.05, 0) is 44.9 Å². The van der Waals surface area contributed by atoms with Gasteiger partial charge in [0.05, 0.1) is 0 Å². The van der Waals surface area contributed by atoms with E-state index in [1.807, 2.05) is 25.7 Å². The zero-order valence-corrected chi connectivity index (χ0v) is 12.1. The average Bonchev–Trinajstić information content (AvgIpc) is 2.29. The Morgan fingerprint density at radius 2 is 1.76 bits per heavy atom. The summed E-state index contributed by atoms with van der Waals surface area (Å²) in [7, 11) is 0. The van der Waals surface area contributed by atoms with Gasteiger partial charge in [0, 0.05) is 13.1 Å². The first-order valence-electron chi connectivity index (χ1n) is 6.68. The Morgan fingerprint density at radius 3 is 2.29 bits per heavy atom. The summed E-state index contributed by atoms with van der Waals surface area (Å²) in [4.78, 5) is 13.9. The molecule has 0 aromatic carbocycles. The van der Waals surface area contributed by atoms with Gasteiger partial charge in [0.25, 0.3) is 0 Å². The van der Waals surface area contributed by atoms with Crippen LogP contribution < -0.4 is 0 Å². The van der Waals surface area contributed by atoms with E-state index in [0.717, 1.165) is 19.5 Å². The van der Waals surface area contributed by atoms with Gasteiger partial charge in [-0.3, -0.25) is 0 Å². The van der Waals surface area contributed by atoms with Crippen LogP contribution in [0.25, 0.3) is 0 Å². The molecule has 0 radical (unpaired) electrons. The van der Waals surface area contributed by atoms with Crippen LogP contribution in [-0.2, 0) is 4.74 Å². The van der Waals surface area contributed by atoms with Crippen LogP contribution in [0.2, 0.25) is 0 Å². The Labute approximate surface area is 106 Å². The lowest BCUT2D eigenvalue weighted by Gasteiger charge is -2.28. The fourth-order valence-electron chi connectivity index (χ4n) is 2.28. The number of rotatable bonds is 0. The van der Waals surface area contributed by atoms with Gasteiger partial charge in [0.1, 0.15) is 5.60 Å². The standard InChI is InChI=1S/C14H27NO2/c1-10-7-8-15(9-11(2)12(10)3)13(16)17-14(4,5)6/h10-12H,7-9H2,1-6H3/t10?,11-,12?/m1/s1. The molecule has 1 saturated heterocycles. The second-order valence-electron chi connectivity index (χ2n) is 6.53. The van der Waals surface area contributed by atoms with Gasteiger partial charge >= 0.3 is 6.09 Å². The summed E-state index contributed by atoms with van der Waals surface area (Å²) in [6.45, 7) is 14.2. The highest BCUT2D eigenvalue weighted by molar-refractivity contribution is 5.68. The first-order chi connectivity index (χ1) is 7.70. The van der Waals surface area contributed by atoms with Crippen LogP contribution in [0.5, 0.6) is 0 Å². The predicted octanol–water partition coefficient (Wildman–Crippen LogP) is 3.54. The molecule has 1 rings (SSSR count). The van der Waals surface area contributed by atoms with Crippen LogP contribution in [0.3, 0.4) is 0 Å². The Hall–Kier alpha value is -0.730. The molecule has 3 nitrogen and oxygen atoms in total. The van der Waals surface area contributed by atoms with E-state index in [0.29, 0.717) is 17.8 Å². The molecule has 1 heterocycles. The molecule has 1 aliphatic heterocycles. The summed E-state index contributed by atoms with van der Waals surface area (Å²) >= 11 is 0. The maximum atomic E-state index is 12.0. The number of likely N-dealkylation sites (tertiary alicyclic amines) is 1. The van der Waals surface area contributed by atoms with E-state index in [1.165, 1.54) is 0 Å². The van der Waals surface area contributed by atoms with Crippen LogP contribution in [-0.4, -0.2) is 29.7 Å². The van der Waals surface area contributed by atoms with Crippen LogP contribution in [0.4, 0.5) is 4.79 Å². The lowest BCUT2D eigenvalue weighted by atomic mass is 9.85. The average molecular weight is 241 g/mol. The molecule has 1 fully saturated rings. The van der Waals surface area contributed by atoms with Crippen LogP contribution in [0, 0.1) is 17.8 Å². The molecule has 0 bridgehead atoms. The Morgan fingerprint density at radius 1 is 1.18 bits per heavy atom. The second kappa shape index (κ2) is 5.28. The van der Waals surface area contributed by atoms with Crippen molar-refractivity contribution in [3.63, 3.8) is 0 Å². The molecule has 100 valence electrons. The normalized spacial score (nSPS) is 30.9. The van der Waals surface area contributed by atoms with Crippen molar-refractivity contribution in [1.29, 1.82) is 0 Å². The Kier molecular flexibility index (Phi) is 4.45. The lowest BCUT2D eigenvalue weighted by molar-refractivity contribution is 0.0233. The fraction of sp³-hybridized carbons (Fsp3) is 0.929. The highest BCUT2D eigenvalue weighted by Gasteiger charge is 2.30. The molecule has 0 saturated carbocycles. The third-order valence-electron chi connectivity index (χ3n) is 3.81. The van der Waals surface area contributed by atoms with Crippen LogP contribution in [0.1, 0.15) is 48.0 Å². The molecule has 0 aliphatic carbocycles. The van der Waals surface area contributed by atoms with E-state index < -0.39 is 5.60 Å². The molecule has 2 unspecified atom stereocenters. The lowest BCUT2D eigenvalue weighted by Crippen LogP contribution is -2.39. The number of carbonyl (C=O) groups is 1. The van der Waals surface area contributed by atoms with Gasteiger partial charge in [0.2, 0.25) is 0 Å². The zero-order valence-electron chi connectivity index (χ0n) is 12.1. The number of hydrogen-bond acceptors (Lipinski definition) is 2. The molecule has 3 atom stereocenters. The SMILES string of the molecule is CC1CCN(C(=O)OC(C)(C)C)C[C@@H](C)C1C. The maximum absolute atomic E-state index is 12.0. The third kappa shape index (κ3) is 4.21. The number of hydrogen-bond donors (Lipinski definition) is 0. The molecule has 1 amide bonds. The van der Waals surface area contributed by atoms with E-state index in [-0.39, 0.29) is 6.09 Å². The summed E-state index contributed by atoms with van der Waals surface area (Å²) in [5.74, 6) is 1.89. The summed E-state index contributed by atoms with van der Waals surface area (Å²) in [6.07, 6.45) is 0.913. The topological polar surface area (TPSA) is 29.5 Å². The summed E-state index contributed by atoms with van der Waals surface area (Å²) in [5, 5.41) is 0. The summed E-state index contributed by atoms with van der Waals surface area (Å²) < 4.78 is 5.44. The van der Waals surface area contributed by atoms with Crippen molar-refractivity contribution < 1.29 is 9.53 Å². The first kappa shape index (κ1) is 14.3. The predicted molar refractivity (Wildman–Crippen MR) is 69.9 cm³/mol. The van der Waals surface area contributed by atoms with Gasteiger partial charge in [-0.1, -0.05) is 20.8 Å². The van der Waals surface area contributed by atoms with Gasteiger partial charge in [-0.25, -0.2) is 4.79 Å². The maximum Gasteiger partial charge on any atom is 0.410 e. The molecule has 0 N–H and O–H groups in total. The van der Waals surface area contributed by atoms with E-state index in [1.54, 1.807) is 0 Å². The quantitative estimate of drug-likeness (QED) is 0.649. The van der Waals surface area contributed by atoms with Crippen molar-refractivity contribution in [3.05, 3.63) is 0 Å². The zero-order chi connectivity index (χ0) is 13.2. The van der Waals surface area contributed by atoms with Crippen LogP contribution >= 0.6 is 0 Å². The smallest absolute Gasteiger partial charge is 0.410 e. The Bertz CT molecular complexity index is 270. The van der Waals surface area contributed by atoms with Crippen molar-refractivity contribution in [2.45, 2.75) is 53.6 Å². The summed E-state index contributed by atoms with van der Waals surface area (Å²) in [5.41, 5.74) is -0.399. The third-order valence-corrected chi connectivity index (χ3v) is 3.81. The molecule has 1 aliphatic rings. The second-order valence-corrected chi connectivity index (χ2v) is 6.53. The number of nitrogens with zero attached hydrogens (tertiary/aromatic N) is 1. The molecule has 17 heavy (non-hydrogen) atoms. The summed E-state index contributed by atoms with van der Waals surface area (Å²) in [6, 6.07) is 0. The Balaban J connectivity index is 2.63. The highest BCUT2D eigenvalue weighted by atomic mass is 16.6. The van der Waals surface area contributed by atoms with Crippen LogP contribution in [0.15, 0.2) is 0 Å². The van der Waals surface area contributed by atoms with Crippen molar-refractivity contribution in [2.75, 3.05) is 13.1 Å². The van der Waals surface area contributed by atoms with Crippen molar-refractivity contribution in [2.24, 2.45) is 17.8 Å². The molecular weight excluding hydrogens is 214 g/mol. The largest absolute Gasteiger partial charge is 0.444 e. The van der Waals surface area contributed by atoms with Gasteiger partial charge < -0.3 is 9.64 Å². The van der Waals surface area contributed by atoms with Gasteiger partial charge in [-0.2, -0.15) is 0 Å². The fourth-order valence-corrected chi connectivity index (χ4v) is 2.28. The number of carbonyl (C=O) groups excluding carboxylic acids is 1. The molecule has 0 aromatic heterocycles. The van der Waals surface area contributed by atoms with E-state index in [2.05, 4.69) is 20.8 Å². The van der Waals surface area contributed by atoms with E-state index in [9.17, 15) is 4.79 Å². The first-order valence-corrected chi connectivity index (χ1v) is 6.68. The minimum atomic E-state index is -0.399. The van der Waals surface area contributed by atoms with Crippen molar-refractivity contribution in [1.82, 2.24) is 4.90 Å².